The molecule has 0 aromatic heterocycles. The first-order valence-electron chi connectivity index (χ1n) is 0. The zero-order valence-electron chi connectivity index (χ0n) is 2.58. The van der Waals surface area contributed by atoms with Crippen molar-refractivity contribution in [3.8, 4) is 0 Å². The molecule has 0 amide bonds. The maximum atomic E-state index is 0. The molecule has 0 atom stereocenters. The molecule has 0 saturated heterocycles. The molecule has 2 radical (unpaired) electrons. The minimum Gasteiger partial charge on any atom is -0.870 e. The van der Waals surface area contributed by atoms with Crippen molar-refractivity contribution in [3.05, 3.63) is 0 Å². The molecule has 0 spiro atoms. The normalized spacial score (nSPS) is 0. The molecule has 0 rings (SSSR count). The molecule has 46 valence electrons. The van der Waals surface area contributed by atoms with E-state index in [2.05, 4.69) is 0 Å². The van der Waals surface area contributed by atoms with Crippen LogP contribution in [0.4, 0.5) is 0 Å². The van der Waals surface area contributed by atoms with Gasteiger partial charge in [-0.2, -0.15) is 0 Å². The van der Waals surface area contributed by atoms with Gasteiger partial charge in [-0.15, -0.1) is 0 Å². The van der Waals surface area contributed by atoms with E-state index < -0.39 is 0 Å². The number of hydrogen-bond donors (Lipinski definition) is 0. The molecule has 0 aliphatic heterocycles. The van der Waals surface area contributed by atoms with Crippen LogP contribution < -0.4 is 0 Å². The fourth-order valence-electron chi connectivity index (χ4n) is 0. The maximum absolute atomic E-state index is 0. The van der Waals surface area contributed by atoms with Crippen molar-refractivity contribution < 1.29 is 77.8 Å². The Hall–Kier alpha value is 1.67. The van der Waals surface area contributed by atoms with Crippen molar-refractivity contribution in [2.75, 3.05) is 0 Å². The molecule has 0 fully saturated rings. The summed E-state index contributed by atoms with van der Waals surface area (Å²) >= 11 is 0. The predicted octanol–water partition coefficient (Wildman–Crippen LogP) is -1.36. The Morgan fingerprint density at radius 1 is 0.667 bits per heavy atom. The van der Waals surface area contributed by atoms with Gasteiger partial charge >= 0.3 is 37.3 Å². The van der Waals surface area contributed by atoms with Gasteiger partial charge in [0.05, 0.1) is 0 Å². The number of rotatable bonds is 0. The summed E-state index contributed by atoms with van der Waals surface area (Å²) in [4.78, 5) is 0. The first-order valence-corrected chi connectivity index (χ1v) is 0. The van der Waals surface area contributed by atoms with Gasteiger partial charge in [0, 0.05) is 18.6 Å². The topological polar surface area (TPSA) is 122 Å². The Morgan fingerprint density at radius 2 is 0.667 bits per heavy atom. The SMILES string of the molecule is O.[Er+3].[OH-].[OH-].[OH-].[V]. The van der Waals surface area contributed by atoms with Crippen LogP contribution in [0.2, 0.25) is 0 Å². The van der Waals surface area contributed by atoms with E-state index in [1.165, 1.54) is 0 Å². The van der Waals surface area contributed by atoms with E-state index in [0.29, 0.717) is 0 Å². The third kappa shape index (κ3) is 44.3. The van der Waals surface area contributed by atoms with E-state index in [-0.39, 0.29) is 77.8 Å². The zero-order valence-corrected chi connectivity index (χ0v) is 5.83. The molecule has 6 heteroatoms. The van der Waals surface area contributed by atoms with Gasteiger partial charge in [0.15, 0.2) is 0 Å². The van der Waals surface area contributed by atoms with Crippen molar-refractivity contribution in [1.82, 2.24) is 0 Å². The van der Waals surface area contributed by atoms with E-state index in [4.69, 9.17) is 0 Å². The quantitative estimate of drug-likeness (QED) is 0.547. The van der Waals surface area contributed by atoms with Crippen LogP contribution in [0.25, 0.3) is 0 Å². The van der Waals surface area contributed by atoms with Crippen molar-refractivity contribution in [2.45, 2.75) is 0 Å². The van der Waals surface area contributed by atoms with E-state index in [9.17, 15) is 0 Å². The third-order valence-corrected chi connectivity index (χ3v) is 0. The average Bonchev–Trinajstić information content (AvgIpc) is 0. The number of hydrogen-bond acceptors (Lipinski definition) is 3. The van der Waals surface area contributed by atoms with Gasteiger partial charge in [0.1, 0.15) is 0 Å². The fourth-order valence-corrected chi connectivity index (χ4v) is 0. The van der Waals surface area contributed by atoms with E-state index in [1.54, 1.807) is 0 Å². The molecule has 5 N–H and O–H groups in total. The Bertz CT molecular complexity index is 7.51. The summed E-state index contributed by atoms with van der Waals surface area (Å²) in [6.45, 7) is 0. The van der Waals surface area contributed by atoms with Crippen LogP contribution in [0, 0.1) is 37.3 Å². The molecule has 0 unspecified atom stereocenters. The van der Waals surface area contributed by atoms with Crippen LogP contribution in [0.3, 0.4) is 0 Å². The van der Waals surface area contributed by atoms with Crippen LogP contribution in [-0.4, -0.2) is 21.9 Å². The third-order valence-electron chi connectivity index (χ3n) is 0. The predicted molar refractivity (Wildman–Crippen MR) is 9.42 cm³/mol. The zero-order chi connectivity index (χ0) is 0. The molecular formula is H5ErO4V. The fraction of sp³-hybridized carbons (Fsp3) is 0. The summed E-state index contributed by atoms with van der Waals surface area (Å²) in [5.74, 6) is 0. The minimum atomic E-state index is 0. The Morgan fingerprint density at radius 3 is 0.667 bits per heavy atom. The minimum absolute atomic E-state index is 0. The van der Waals surface area contributed by atoms with Crippen molar-refractivity contribution in [3.63, 3.8) is 0 Å². The van der Waals surface area contributed by atoms with Crippen LogP contribution in [0.5, 0.6) is 0 Å². The van der Waals surface area contributed by atoms with Gasteiger partial charge in [-0.05, 0) is 0 Å². The summed E-state index contributed by atoms with van der Waals surface area (Å²) in [5, 5.41) is 0. The van der Waals surface area contributed by atoms with Gasteiger partial charge < -0.3 is 21.9 Å². The van der Waals surface area contributed by atoms with Crippen LogP contribution in [0.1, 0.15) is 0 Å². The average molecular weight is 287 g/mol. The second-order valence-corrected chi connectivity index (χ2v) is 0. The largest absolute Gasteiger partial charge is 3.00 e. The maximum Gasteiger partial charge on any atom is 3.00 e. The van der Waals surface area contributed by atoms with Gasteiger partial charge in [-0.3, -0.25) is 0 Å². The molecular weight excluding hydrogens is 282 g/mol. The summed E-state index contributed by atoms with van der Waals surface area (Å²) in [7, 11) is 0. The van der Waals surface area contributed by atoms with E-state index in [1.807, 2.05) is 0 Å². The Labute approximate surface area is 77.0 Å². The van der Waals surface area contributed by atoms with Crippen molar-refractivity contribution in [1.29, 1.82) is 0 Å². The summed E-state index contributed by atoms with van der Waals surface area (Å²) in [5.41, 5.74) is 0. The first kappa shape index (κ1) is 122. The van der Waals surface area contributed by atoms with Gasteiger partial charge in [-0.25, -0.2) is 0 Å². The molecule has 0 saturated carbocycles. The van der Waals surface area contributed by atoms with E-state index >= 15 is 0 Å². The van der Waals surface area contributed by atoms with Crippen LogP contribution in [0.15, 0.2) is 0 Å². The van der Waals surface area contributed by atoms with Gasteiger partial charge in [-0.1, -0.05) is 0 Å². The van der Waals surface area contributed by atoms with Crippen molar-refractivity contribution in [2.24, 2.45) is 0 Å². The van der Waals surface area contributed by atoms with Crippen molar-refractivity contribution >= 4 is 0 Å². The molecule has 0 heterocycles. The molecule has 0 aromatic carbocycles. The molecule has 0 aromatic rings. The van der Waals surface area contributed by atoms with Gasteiger partial charge in [0.2, 0.25) is 0 Å². The molecule has 4 nitrogen and oxygen atoms in total. The summed E-state index contributed by atoms with van der Waals surface area (Å²) < 4.78 is 0. The molecule has 0 aliphatic carbocycles. The second-order valence-electron chi connectivity index (χ2n) is 0. The first-order chi connectivity index (χ1) is 0. The standard InChI is InChI=1S/Er.4H2O.V/h;4*1H2;/q+3;;;;;/p-3. The molecule has 0 aliphatic rings. The van der Waals surface area contributed by atoms with Crippen LogP contribution in [-0.2, 0) is 18.6 Å². The van der Waals surface area contributed by atoms with Crippen LogP contribution >= 0.6 is 0 Å². The monoisotopic (exact) mass is 286 g/mol. The molecule has 6 heavy (non-hydrogen) atoms. The summed E-state index contributed by atoms with van der Waals surface area (Å²) in [6, 6.07) is 0. The van der Waals surface area contributed by atoms with E-state index in [0.717, 1.165) is 0 Å². The Balaban J connectivity index is 0. The smallest absolute Gasteiger partial charge is 0.870 e. The summed E-state index contributed by atoms with van der Waals surface area (Å²) in [6.07, 6.45) is 0. The second kappa shape index (κ2) is 76.8. The Kier molecular flexibility index (Phi) is 1570. The van der Waals surface area contributed by atoms with Gasteiger partial charge in [0.25, 0.3) is 0 Å². The molecule has 0 bridgehead atoms.